The van der Waals surface area contributed by atoms with Crippen molar-refractivity contribution in [3.05, 3.63) is 0 Å². The molecular formula is C20H38. The third kappa shape index (κ3) is 3.80. The molecule has 0 heterocycles. The fraction of sp³-hybridized carbons (Fsp3) is 1.00. The molecule has 0 aromatic carbocycles. The van der Waals surface area contributed by atoms with Crippen molar-refractivity contribution in [2.24, 2.45) is 41.4 Å². The number of fused-ring (bicyclic) bond motifs is 1. The van der Waals surface area contributed by atoms with Crippen LogP contribution in [0.25, 0.3) is 0 Å². The van der Waals surface area contributed by atoms with Crippen molar-refractivity contribution in [2.75, 3.05) is 0 Å². The molecule has 2 fully saturated rings. The van der Waals surface area contributed by atoms with Gasteiger partial charge in [0.25, 0.3) is 0 Å². The number of rotatable bonds is 0. The zero-order valence-corrected chi connectivity index (χ0v) is 14.7. The maximum absolute atomic E-state index is 2.56. The van der Waals surface area contributed by atoms with Crippen LogP contribution in [0.1, 0.15) is 86.0 Å². The first kappa shape index (κ1) is 16.4. The van der Waals surface area contributed by atoms with E-state index in [0.717, 1.165) is 41.4 Å². The zero-order chi connectivity index (χ0) is 14.7. The molecule has 118 valence electrons. The maximum Gasteiger partial charge on any atom is -0.0357 e. The molecule has 0 aliphatic heterocycles. The molecule has 0 bridgehead atoms. The first-order chi connectivity index (χ1) is 9.50. The fourth-order valence-electron chi connectivity index (χ4n) is 4.90. The van der Waals surface area contributed by atoms with Crippen molar-refractivity contribution in [1.29, 1.82) is 0 Å². The normalized spacial score (nSPS) is 48.1. The minimum atomic E-state index is 0.907. The van der Waals surface area contributed by atoms with Crippen LogP contribution in [0.3, 0.4) is 0 Å². The van der Waals surface area contributed by atoms with Crippen molar-refractivity contribution in [2.45, 2.75) is 86.0 Å². The first-order valence-electron chi connectivity index (χ1n) is 9.50. The van der Waals surface area contributed by atoms with Gasteiger partial charge in [0.15, 0.2) is 0 Å². The fourth-order valence-corrected chi connectivity index (χ4v) is 4.90. The Labute approximate surface area is 128 Å². The van der Waals surface area contributed by atoms with E-state index < -0.39 is 0 Å². The van der Waals surface area contributed by atoms with Crippen molar-refractivity contribution < 1.29 is 0 Å². The summed E-state index contributed by atoms with van der Waals surface area (Å²) in [5.74, 6) is 6.77. The maximum atomic E-state index is 2.56. The summed E-state index contributed by atoms with van der Waals surface area (Å²) >= 11 is 0. The lowest BCUT2D eigenvalue weighted by atomic mass is 9.60. The molecule has 0 N–H and O–H groups in total. The van der Waals surface area contributed by atoms with Crippen LogP contribution in [0.5, 0.6) is 0 Å². The molecule has 2 saturated carbocycles. The largest absolute Gasteiger partial charge is 0.0625 e. The van der Waals surface area contributed by atoms with Gasteiger partial charge in [0.1, 0.15) is 0 Å². The molecule has 2 aliphatic rings. The van der Waals surface area contributed by atoms with Crippen LogP contribution >= 0.6 is 0 Å². The quantitative estimate of drug-likeness (QED) is 0.471. The van der Waals surface area contributed by atoms with E-state index >= 15 is 0 Å². The second kappa shape index (κ2) is 7.32. The lowest BCUT2D eigenvalue weighted by Crippen LogP contribution is -2.37. The molecule has 7 atom stereocenters. The molecule has 7 unspecified atom stereocenters. The van der Waals surface area contributed by atoms with Crippen molar-refractivity contribution in [1.82, 2.24) is 0 Å². The Bertz CT molecular complexity index is 282. The monoisotopic (exact) mass is 278 g/mol. The molecule has 0 aromatic rings. The predicted octanol–water partition coefficient (Wildman–Crippen LogP) is 6.55. The summed E-state index contributed by atoms with van der Waals surface area (Å²) in [5.41, 5.74) is 0. The Kier molecular flexibility index (Phi) is 5.99. The Hall–Kier alpha value is 0. The van der Waals surface area contributed by atoms with E-state index in [2.05, 4.69) is 34.6 Å². The molecule has 0 nitrogen and oxygen atoms in total. The topological polar surface area (TPSA) is 0 Å². The number of hydrogen-bond donors (Lipinski definition) is 0. The molecular weight excluding hydrogens is 240 g/mol. The van der Waals surface area contributed by atoms with Crippen molar-refractivity contribution in [3.63, 3.8) is 0 Å². The van der Waals surface area contributed by atoms with Crippen LogP contribution in [-0.2, 0) is 0 Å². The Balaban J connectivity index is 2.02. The van der Waals surface area contributed by atoms with Gasteiger partial charge >= 0.3 is 0 Å². The SMILES string of the molecule is CC1CCCCC(C)C(C)C(C)C(C)C2CCC2CC1. The molecule has 2 aliphatic carbocycles. The van der Waals surface area contributed by atoms with Gasteiger partial charge in [-0.05, 0) is 60.7 Å². The average molecular weight is 279 g/mol. The van der Waals surface area contributed by atoms with Crippen LogP contribution in [-0.4, -0.2) is 0 Å². The third-order valence-electron chi connectivity index (χ3n) is 7.34. The van der Waals surface area contributed by atoms with E-state index in [1.54, 1.807) is 0 Å². The van der Waals surface area contributed by atoms with Gasteiger partial charge in [-0.3, -0.25) is 0 Å². The first-order valence-corrected chi connectivity index (χ1v) is 9.50. The summed E-state index contributed by atoms with van der Waals surface area (Å²) in [4.78, 5) is 0. The van der Waals surface area contributed by atoms with Gasteiger partial charge in [0.05, 0.1) is 0 Å². The van der Waals surface area contributed by atoms with E-state index in [-0.39, 0.29) is 0 Å². The van der Waals surface area contributed by atoms with Crippen LogP contribution in [0.2, 0.25) is 0 Å². The highest BCUT2D eigenvalue weighted by molar-refractivity contribution is 4.88. The molecule has 20 heavy (non-hydrogen) atoms. The van der Waals surface area contributed by atoms with Gasteiger partial charge in [-0.25, -0.2) is 0 Å². The van der Waals surface area contributed by atoms with E-state index in [1.807, 2.05) is 0 Å². The summed E-state index contributed by atoms with van der Waals surface area (Å²) in [6, 6.07) is 0. The van der Waals surface area contributed by atoms with Crippen LogP contribution in [0, 0.1) is 41.4 Å². The van der Waals surface area contributed by atoms with E-state index in [0.29, 0.717) is 0 Å². The second-order valence-electron chi connectivity index (χ2n) is 8.52. The van der Waals surface area contributed by atoms with Crippen LogP contribution in [0.4, 0.5) is 0 Å². The minimum absolute atomic E-state index is 0.907. The number of hydrogen-bond acceptors (Lipinski definition) is 0. The Morgan fingerprint density at radius 2 is 1.20 bits per heavy atom. The van der Waals surface area contributed by atoms with E-state index in [9.17, 15) is 0 Å². The highest BCUT2D eigenvalue weighted by Gasteiger charge is 2.38. The lowest BCUT2D eigenvalue weighted by molar-refractivity contribution is 0.0455. The molecule has 0 amide bonds. The highest BCUT2D eigenvalue weighted by atomic mass is 14.4. The van der Waals surface area contributed by atoms with Gasteiger partial charge in [0, 0.05) is 0 Å². The standard InChI is InChI=1S/C20H38/c1-14-8-6-7-9-15(2)16(3)17(4)18(5)20-13-12-19(20)11-10-14/h14-20H,6-13H2,1-5H3. The van der Waals surface area contributed by atoms with Gasteiger partial charge in [-0.1, -0.05) is 66.7 Å². The third-order valence-corrected chi connectivity index (χ3v) is 7.34. The average Bonchev–Trinajstić information content (AvgIpc) is 2.39. The van der Waals surface area contributed by atoms with E-state index in [1.165, 1.54) is 51.4 Å². The van der Waals surface area contributed by atoms with Gasteiger partial charge in [-0.2, -0.15) is 0 Å². The molecule has 0 aromatic heterocycles. The van der Waals surface area contributed by atoms with Gasteiger partial charge in [-0.15, -0.1) is 0 Å². The molecule has 2 rings (SSSR count). The van der Waals surface area contributed by atoms with E-state index in [4.69, 9.17) is 0 Å². The highest BCUT2D eigenvalue weighted by Crippen LogP contribution is 2.47. The van der Waals surface area contributed by atoms with Crippen molar-refractivity contribution in [3.8, 4) is 0 Å². The molecule has 0 radical (unpaired) electrons. The Morgan fingerprint density at radius 3 is 1.85 bits per heavy atom. The van der Waals surface area contributed by atoms with Crippen LogP contribution < -0.4 is 0 Å². The summed E-state index contributed by atoms with van der Waals surface area (Å²) in [7, 11) is 0. The van der Waals surface area contributed by atoms with Crippen LogP contribution in [0.15, 0.2) is 0 Å². The smallest absolute Gasteiger partial charge is 0.0357 e. The minimum Gasteiger partial charge on any atom is -0.0625 e. The predicted molar refractivity (Wildman–Crippen MR) is 89.7 cm³/mol. The summed E-state index contributed by atoms with van der Waals surface area (Å²) in [6.07, 6.45) is 11.9. The second-order valence-corrected chi connectivity index (χ2v) is 8.52. The van der Waals surface area contributed by atoms with Crippen molar-refractivity contribution >= 4 is 0 Å². The summed E-state index contributed by atoms with van der Waals surface area (Å²) in [6.45, 7) is 12.6. The van der Waals surface area contributed by atoms with Gasteiger partial charge in [0.2, 0.25) is 0 Å². The Morgan fingerprint density at radius 1 is 0.550 bits per heavy atom. The summed E-state index contributed by atoms with van der Waals surface area (Å²) < 4.78 is 0. The summed E-state index contributed by atoms with van der Waals surface area (Å²) in [5, 5.41) is 0. The molecule has 0 saturated heterocycles. The lowest BCUT2D eigenvalue weighted by Gasteiger charge is -2.45. The molecule has 0 spiro atoms. The van der Waals surface area contributed by atoms with Gasteiger partial charge < -0.3 is 0 Å². The zero-order valence-electron chi connectivity index (χ0n) is 14.7. The molecule has 0 heteroatoms.